The summed E-state index contributed by atoms with van der Waals surface area (Å²) in [4.78, 5) is 23.4. The van der Waals surface area contributed by atoms with Crippen molar-refractivity contribution in [2.45, 2.75) is 37.8 Å². The summed E-state index contributed by atoms with van der Waals surface area (Å²) >= 11 is 12.2. The summed E-state index contributed by atoms with van der Waals surface area (Å²) in [6.45, 7) is 0.537. The molecule has 2 rings (SSSR count). The first-order valence-corrected chi connectivity index (χ1v) is 8.15. The van der Waals surface area contributed by atoms with Crippen molar-refractivity contribution >= 4 is 53.2 Å². The SMILES string of the molecule is Cl.NCCCCC(=O)N[C@H]1C[C@H](C(=O)O)Nc2cc(Cl)cc(Cl)c21. The molecule has 0 aliphatic carbocycles. The van der Waals surface area contributed by atoms with Crippen molar-refractivity contribution in [3.05, 3.63) is 27.7 Å². The summed E-state index contributed by atoms with van der Waals surface area (Å²) < 4.78 is 0. The van der Waals surface area contributed by atoms with E-state index in [1.165, 1.54) is 0 Å². The van der Waals surface area contributed by atoms with Crippen molar-refractivity contribution in [3.63, 3.8) is 0 Å². The van der Waals surface area contributed by atoms with Crippen LogP contribution in [0.1, 0.15) is 37.3 Å². The number of aliphatic carboxylic acids is 1. The molecule has 134 valence electrons. The van der Waals surface area contributed by atoms with Crippen LogP contribution in [0.4, 0.5) is 5.69 Å². The predicted molar refractivity (Wildman–Crippen MR) is 97.2 cm³/mol. The van der Waals surface area contributed by atoms with Crippen molar-refractivity contribution < 1.29 is 14.7 Å². The highest BCUT2D eigenvalue weighted by molar-refractivity contribution is 6.35. The monoisotopic (exact) mass is 395 g/mol. The maximum Gasteiger partial charge on any atom is 0.326 e. The fourth-order valence-electron chi connectivity index (χ4n) is 2.65. The number of carboxylic acids is 1. The van der Waals surface area contributed by atoms with Gasteiger partial charge >= 0.3 is 5.97 Å². The third-order valence-corrected chi connectivity index (χ3v) is 4.27. The van der Waals surface area contributed by atoms with Crippen LogP contribution in [0.25, 0.3) is 0 Å². The number of halogens is 3. The van der Waals surface area contributed by atoms with Crippen LogP contribution in [-0.4, -0.2) is 29.6 Å². The lowest BCUT2D eigenvalue weighted by molar-refractivity contribution is -0.138. The molecule has 0 saturated carbocycles. The number of amides is 1. The zero-order valence-electron chi connectivity index (χ0n) is 12.9. The number of unbranched alkanes of at least 4 members (excludes halogenated alkanes) is 1. The van der Waals surface area contributed by atoms with Crippen LogP contribution < -0.4 is 16.4 Å². The van der Waals surface area contributed by atoms with E-state index < -0.39 is 18.1 Å². The fraction of sp³-hybridized carbons (Fsp3) is 0.467. The van der Waals surface area contributed by atoms with E-state index in [1.807, 2.05) is 0 Å². The number of benzene rings is 1. The van der Waals surface area contributed by atoms with Crippen molar-refractivity contribution in [2.75, 3.05) is 11.9 Å². The Morgan fingerprint density at radius 2 is 2.04 bits per heavy atom. The van der Waals surface area contributed by atoms with Crippen LogP contribution in [0.5, 0.6) is 0 Å². The Bertz CT molecular complexity index is 613. The summed E-state index contributed by atoms with van der Waals surface area (Å²) in [6, 6.07) is 1.91. The number of fused-ring (bicyclic) bond motifs is 1. The number of nitrogens with two attached hydrogens (primary N) is 1. The molecular weight excluding hydrogens is 377 g/mol. The minimum Gasteiger partial charge on any atom is -0.480 e. The number of nitrogens with one attached hydrogen (secondary N) is 2. The van der Waals surface area contributed by atoms with Gasteiger partial charge < -0.3 is 21.5 Å². The first-order chi connectivity index (χ1) is 10.9. The van der Waals surface area contributed by atoms with Gasteiger partial charge in [-0.15, -0.1) is 12.4 Å². The van der Waals surface area contributed by atoms with Crippen LogP contribution in [0.15, 0.2) is 12.1 Å². The van der Waals surface area contributed by atoms with E-state index in [2.05, 4.69) is 10.6 Å². The number of hydrogen-bond acceptors (Lipinski definition) is 4. The van der Waals surface area contributed by atoms with Gasteiger partial charge in [-0.2, -0.15) is 0 Å². The number of carbonyl (C=O) groups is 2. The van der Waals surface area contributed by atoms with Gasteiger partial charge in [0.15, 0.2) is 0 Å². The van der Waals surface area contributed by atoms with Gasteiger partial charge in [-0.05, 0) is 31.5 Å². The third-order valence-electron chi connectivity index (χ3n) is 3.74. The van der Waals surface area contributed by atoms with Gasteiger partial charge in [0.05, 0.1) is 6.04 Å². The lowest BCUT2D eigenvalue weighted by Gasteiger charge is -2.32. The molecule has 1 aliphatic rings. The van der Waals surface area contributed by atoms with Crippen LogP contribution in [0.2, 0.25) is 10.0 Å². The van der Waals surface area contributed by atoms with Crippen LogP contribution in [0.3, 0.4) is 0 Å². The van der Waals surface area contributed by atoms with E-state index in [9.17, 15) is 14.7 Å². The quantitative estimate of drug-likeness (QED) is 0.553. The first kappa shape index (κ1) is 20.8. The van der Waals surface area contributed by atoms with Crippen LogP contribution in [0, 0.1) is 0 Å². The van der Waals surface area contributed by atoms with Gasteiger partial charge in [-0.25, -0.2) is 4.79 Å². The molecule has 0 radical (unpaired) electrons. The molecule has 1 aromatic carbocycles. The van der Waals surface area contributed by atoms with E-state index in [1.54, 1.807) is 12.1 Å². The molecule has 1 heterocycles. The Kier molecular flexibility index (Phi) is 8.09. The van der Waals surface area contributed by atoms with E-state index in [0.29, 0.717) is 40.7 Å². The van der Waals surface area contributed by atoms with Crippen molar-refractivity contribution in [3.8, 4) is 0 Å². The highest BCUT2D eigenvalue weighted by Gasteiger charge is 2.33. The maximum atomic E-state index is 12.1. The second-order valence-corrected chi connectivity index (χ2v) is 6.33. The lowest BCUT2D eigenvalue weighted by atomic mass is 9.92. The minimum absolute atomic E-state index is 0. The molecule has 0 spiro atoms. The second-order valence-electron chi connectivity index (χ2n) is 5.49. The van der Waals surface area contributed by atoms with E-state index in [4.69, 9.17) is 28.9 Å². The van der Waals surface area contributed by atoms with Gasteiger partial charge in [-0.1, -0.05) is 23.2 Å². The Hall–Kier alpha value is -1.21. The first-order valence-electron chi connectivity index (χ1n) is 7.40. The van der Waals surface area contributed by atoms with Gasteiger partial charge in [0.25, 0.3) is 0 Å². The number of anilines is 1. The average Bonchev–Trinajstić information content (AvgIpc) is 2.46. The summed E-state index contributed by atoms with van der Waals surface area (Å²) in [5.74, 6) is -1.14. The molecule has 1 aromatic rings. The Balaban J connectivity index is 0.00000288. The maximum absolute atomic E-state index is 12.1. The zero-order valence-corrected chi connectivity index (χ0v) is 15.2. The molecule has 0 bridgehead atoms. The Morgan fingerprint density at radius 3 is 2.67 bits per heavy atom. The molecule has 5 N–H and O–H groups in total. The number of rotatable bonds is 6. The van der Waals surface area contributed by atoms with Crippen molar-refractivity contribution in [1.82, 2.24) is 5.32 Å². The van der Waals surface area contributed by atoms with Gasteiger partial charge in [0, 0.05) is 34.1 Å². The largest absolute Gasteiger partial charge is 0.480 e. The molecule has 9 heteroatoms. The van der Waals surface area contributed by atoms with E-state index >= 15 is 0 Å². The zero-order chi connectivity index (χ0) is 17.0. The highest BCUT2D eigenvalue weighted by atomic mass is 35.5. The number of hydrogen-bond donors (Lipinski definition) is 4. The third kappa shape index (κ3) is 5.14. The molecule has 6 nitrogen and oxygen atoms in total. The standard InChI is InChI=1S/C15H19Cl2N3O3.ClH/c16-8-5-9(17)14-10(6-8)19-12(15(22)23)7-11(14)20-13(21)3-1-2-4-18;/h5-6,11-12,19H,1-4,7,18H2,(H,20,21)(H,22,23);1H/t11-,12+;/m0./s1. The van der Waals surface area contributed by atoms with E-state index in [0.717, 1.165) is 6.42 Å². The average molecular weight is 397 g/mol. The minimum atomic E-state index is -0.992. The van der Waals surface area contributed by atoms with Crippen LogP contribution in [-0.2, 0) is 9.59 Å². The molecule has 0 fully saturated rings. The smallest absolute Gasteiger partial charge is 0.326 e. The fourth-order valence-corrected chi connectivity index (χ4v) is 3.27. The Labute approximate surface area is 156 Å². The summed E-state index contributed by atoms with van der Waals surface area (Å²) in [5, 5.41) is 15.8. The molecule has 0 saturated heterocycles. The Morgan fingerprint density at radius 1 is 1.33 bits per heavy atom. The molecule has 2 atom stereocenters. The molecule has 0 aromatic heterocycles. The molecular formula is C15H20Cl3N3O3. The molecule has 24 heavy (non-hydrogen) atoms. The predicted octanol–water partition coefficient (Wildman–Crippen LogP) is 2.97. The lowest BCUT2D eigenvalue weighted by Crippen LogP contribution is -2.41. The van der Waals surface area contributed by atoms with E-state index in [-0.39, 0.29) is 24.7 Å². The van der Waals surface area contributed by atoms with Crippen LogP contribution >= 0.6 is 35.6 Å². The molecule has 1 amide bonds. The van der Waals surface area contributed by atoms with Gasteiger partial charge in [0.1, 0.15) is 6.04 Å². The highest BCUT2D eigenvalue weighted by Crippen LogP contribution is 2.39. The topological polar surface area (TPSA) is 104 Å². The number of carboxylic acid groups (broad SMARTS) is 1. The number of carbonyl (C=O) groups excluding carboxylic acids is 1. The van der Waals surface area contributed by atoms with Crippen molar-refractivity contribution in [1.29, 1.82) is 0 Å². The summed E-state index contributed by atoms with van der Waals surface area (Å²) in [5.41, 5.74) is 6.62. The molecule has 0 unspecified atom stereocenters. The van der Waals surface area contributed by atoms with Gasteiger partial charge in [-0.3, -0.25) is 4.79 Å². The summed E-state index contributed by atoms with van der Waals surface area (Å²) in [6.07, 6.45) is 2.02. The second kappa shape index (κ2) is 9.32. The van der Waals surface area contributed by atoms with Gasteiger partial charge in [0.2, 0.25) is 5.91 Å². The normalized spacial score (nSPS) is 18.8. The summed E-state index contributed by atoms with van der Waals surface area (Å²) in [7, 11) is 0. The van der Waals surface area contributed by atoms with Crippen molar-refractivity contribution in [2.24, 2.45) is 5.73 Å². The molecule has 1 aliphatic heterocycles.